The van der Waals surface area contributed by atoms with E-state index in [1.54, 1.807) is 11.0 Å². The van der Waals surface area contributed by atoms with Gasteiger partial charge in [-0.3, -0.25) is 9.89 Å². The number of carbonyl (C=O) groups excluding carboxylic acids is 1. The molecule has 8 heteroatoms. The predicted molar refractivity (Wildman–Crippen MR) is 66.9 cm³/mol. The fourth-order valence-corrected chi connectivity index (χ4v) is 2.09. The van der Waals surface area contributed by atoms with E-state index in [2.05, 4.69) is 20.3 Å². The number of carbonyl (C=O) groups is 1. The Morgan fingerprint density at radius 2 is 2.50 bits per heavy atom. The third kappa shape index (κ3) is 2.42. The van der Waals surface area contributed by atoms with Crippen molar-refractivity contribution in [2.75, 3.05) is 19.7 Å². The molecule has 1 unspecified atom stereocenters. The van der Waals surface area contributed by atoms with Crippen molar-refractivity contribution < 1.29 is 14.1 Å². The van der Waals surface area contributed by atoms with Gasteiger partial charge in [-0.1, -0.05) is 12.1 Å². The van der Waals surface area contributed by atoms with Crippen LogP contribution >= 0.6 is 0 Å². The van der Waals surface area contributed by atoms with Crippen molar-refractivity contribution in [1.29, 1.82) is 0 Å². The Bertz CT molecular complexity index is 580. The van der Waals surface area contributed by atoms with E-state index in [1.165, 1.54) is 6.26 Å². The zero-order valence-electron chi connectivity index (χ0n) is 11.1. The third-order valence-electron chi connectivity index (χ3n) is 3.18. The lowest BCUT2D eigenvalue weighted by molar-refractivity contribution is -0.0269. The molecule has 1 fully saturated rings. The van der Waals surface area contributed by atoms with E-state index in [-0.39, 0.29) is 12.0 Å². The van der Waals surface area contributed by atoms with Gasteiger partial charge in [0.15, 0.2) is 11.5 Å². The average molecular weight is 277 g/mol. The first-order valence-electron chi connectivity index (χ1n) is 6.50. The van der Waals surface area contributed by atoms with Crippen molar-refractivity contribution in [2.24, 2.45) is 0 Å². The molecule has 1 aliphatic heterocycles. The standard InChI is InChI=1S/C12H15N5O3/c1-2-10-13-11(15-14-10)9-7-17(4-6-19-9)12(18)8-3-5-20-16-8/h3,5,9H,2,4,6-7H2,1H3,(H,13,14,15). The molecule has 0 saturated carbocycles. The van der Waals surface area contributed by atoms with E-state index in [9.17, 15) is 4.79 Å². The van der Waals surface area contributed by atoms with Gasteiger partial charge in [-0.05, 0) is 0 Å². The molecule has 0 aliphatic carbocycles. The highest BCUT2D eigenvalue weighted by atomic mass is 16.5. The van der Waals surface area contributed by atoms with Gasteiger partial charge in [0, 0.05) is 19.0 Å². The van der Waals surface area contributed by atoms with Crippen LogP contribution in [0.5, 0.6) is 0 Å². The normalized spacial score (nSPS) is 19.2. The van der Waals surface area contributed by atoms with Crippen LogP contribution in [0.4, 0.5) is 0 Å². The molecule has 1 amide bonds. The van der Waals surface area contributed by atoms with Gasteiger partial charge in [0.05, 0.1) is 13.2 Å². The number of nitrogens with zero attached hydrogens (tertiary/aromatic N) is 4. The first-order valence-corrected chi connectivity index (χ1v) is 6.50. The van der Waals surface area contributed by atoms with Crippen molar-refractivity contribution in [3.63, 3.8) is 0 Å². The number of aryl methyl sites for hydroxylation is 1. The summed E-state index contributed by atoms with van der Waals surface area (Å²) in [6.45, 7) is 3.37. The molecule has 2 aromatic rings. The number of nitrogens with one attached hydrogen (secondary N) is 1. The summed E-state index contributed by atoms with van der Waals surface area (Å²) in [6, 6.07) is 1.55. The summed E-state index contributed by atoms with van der Waals surface area (Å²) >= 11 is 0. The second-order valence-corrected chi connectivity index (χ2v) is 4.49. The largest absolute Gasteiger partial charge is 0.366 e. The van der Waals surface area contributed by atoms with Crippen LogP contribution in [-0.4, -0.2) is 50.8 Å². The van der Waals surface area contributed by atoms with Gasteiger partial charge >= 0.3 is 0 Å². The smallest absolute Gasteiger partial charge is 0.276 e. The highest BCUT2D eigenvalue weighted by Gasteiger charge is 2.29. The molecular formula is C12H15N5O3. The third-order valence-corrected chi connectivity index (χ3v) is 3.18. The number of amides is 1. The Morgan fingerprint density at radius 1 is 1.60 bits per heavy atom. The number of hydrogen-bond acceptors (Lipinski definition) is 6. The fourth-order valence-electron chi connectivity index (χ4n) is 2.09. The molecule has 3 rings (SSSR count). The molecule has 3 heterocycles. The second-order valence-electron chi connectivity index (χ2n) is 4.49. The first-order chi connectivity index (χ1) is 9.78. The van der Waals surface area contributed by atoms with Gasteiger partial charge in [0.25, 0.3) is 5.91 Å². The van der Waals surface area contributed by atoms with Crippen molar-refractivity contribution in [1.82, 2.24) is 25.2 Å². The quantitative estimate of drug-likeness (QED) is 0.880. The van der Waals surface area contributed by atoms with Gasteiger partial charge in [-0.15, -0.1) is 0 Å². The van der Waals surface area contributed by atoms with Crippen LogP contribution in [0.2, 0.25) is 0 Å². The minimum atomic E-state index is -0.309. The van der Waals surface area contributed by atoms with Crippen molar-refractivity contribution in [3.05, 3.63) is 29.7 Å². The summed E-state index contributed by atoms with van der Waals surface area (Å²) in [5.41, 5.74) is 0.301. The molecule has 0 aromatic carbocycles. The number of rotatable bonds is 3. The average Bonchev–Trinajstić information content (AvgIpc) is 3.17. The van der Waals surface area contributed by atoms with Gasteiger partial charge in [0.1, 0.15) is 18.2 Å². The second kappa shape index (κ2) is 5.41. The highest BCUT2D eigenvalue weighted by Crippen LogP contribution is 2.20. The van der Waals surface area contributed by atoms with Crippen molar-refractivity contribution in [2.45, 2.75) is 19.4 Å². The SMILES string of the molecule is CCc1nc(C2CN(C(=O)c3ccon3)CCO2)n[nH]1. The van der Waals surface area contributed by atoms with Crippen LogP contribution in [0.25, 0.3) is 0 Å². The maximum atomic E-state index is 12.2. The summed E-state index contributed by atoms with van der Waals surface area (Å²) in [5.74, 6) is 1.22. The molecule has 20 heavy (non-hydrogen) atoms. The lowest BCUT2D eigenvalue weighted by Crippen LogP contribution is -2.42. The van der Waals surface area contributed by atoms with E-state index in [1.807, 2.05) is 6.92 Å². The lowest BCUT2D eigenvalue weighted by atomic mass is 10.2. The molecule has 106 valence electrons. The van der Waals surface area contributed by atoms with E-state index < -0.39 is 0 Å². The number of hydrogen-bond donors (Lipinski definition) is 1. The van der Waals surface area contributed by atoms with Crippen LogP contribution in [0.15, 0.2) is 16.9 Å². The van der Waals surface area contributed by atoms with E-state index in [4.69, 9.17) is 9.26 Å². The van der Waals surface area contributed by atoms with Crippen LogP contribution in [-0.2, 0) is 11.2 Å². The Kier molecular flexibility index (Phi) is 3.46. The number of aromatic amines is 1. The first kappa shape index (κ1) is 12.8. The van der Waals surface area contributed by atoms with E-state index in [0.717, 1.165) is 12.2 Å². The molecule has 1 N–H and O–H groups in total. The fraction of sp³-hybridized carbons (Fsp3) is 0.500. The zero-order valence-corrected chi connectivity index (χ0v) is 11.1. The zero-order chi connectivity index (χ0) is 13.9. The summed E-state index contributed by atoms with van der Waals surface area (Å²) in [4.78, 5) is 18.2. The van der Waals surface area contributed by atoms with Crippen LogP contribution in [0.3, 0.4) is 0 Å². The molecule has 1 aliphatic rings. The summed E-state index contributed by atoms with van der Waals surface area (Å²) in [6.07, 6.45) is 1.85. The van der Waals surface area contributed by atoms with Gasteiger partial charge in [-0.25, -0.2) is 4.98 Å². The minimum absolute atomic E-state index is 0.168. The van der Waals surface area contributed by atoms with Crippen LogP contribution in [0.1, 0.15) is 35.2 Å². The summed E-state index contributed by atoms with van der Waals surface area (Å²) in [5, 5.41) is 10.6. The number of aromatic nitrogens is 4. The van der Waals surface area contributed by atoms with Gasteiger partial charge in [-0.2, -0.15) is 5.10 Å². The molecule has 0 spiro atoms. The summed E-state index contributed by atoms with van der Waals surface area (Å²) in [7, 11) is 0. The summed E-state index contributed by atoms with van der Waals surface area (Å²) < 4.78 is 10.3. The van der Waals surface area contributed by atoms with E-state index in [0.29, 0.717) is 31.2 Å². The van der Waals surface area contributed by atoms with Crippen molar-refractivity contribution >= 4 is 5.91 Å². The van der Waals surface area contributed by atoms with Crippen molar-refractivity contribution in [3.8, 4) is 0 Å². The monoisotopic (exact) mass is 277 g/mol. The van der Waals surface area contributed by atoms with E-state index >= 15 is 0 Å². The Morgan fingerprint density at radius 3 is 3.20 bits per heavy atom. The molecule has 1 saturated heterocycles. The maximum absolute atomic E-state index is 12.2. The lowest BCUT2D eigenvalue weighted by Gasteiger charge is -2.31. The molecule has 1 atom stereocenters. The van der Waals surface area contributed by atoms with Gasteiger partial charge in [0.2, 0.25) is 0 Å². The van der Waals surface area contributed by atoms with Crippen LogP contribution < -0.4 is 0 Å². The predicted octanol–water partition coefficient (Wildman–Crippen LogP) is 0.569. The molecule has 2 aromatic heterocycles. The number of H-pyrrole nitrogens is 1. The van der Waals surface area contributed by atoms with Gasteiger partial charge < -0.3 is 14.2 Å². The molecule has 8 nitrogen and oxygen atoms in total. The molecule has 0 radical (unpaired) electrons. The van der Waals surface area contributed by atoms with Crippen LogP contribution in [0, 0.1) is 0 Å². The number of ether oxygens (including phenoxy) is 1. The Balaban J connectivity index is 1.71. The number of morpholine rings is 1. The highest BCUT2D eigenvalue weighted by molar-refractivity contribution is 5.92. The molecule has 0 bridgehead atoms. The molecular weight excluding hydrogens is 262 g/mol. The topological polar surface area (TPSA) is 97.1 Å². The maximum Gasteiger partial charge on any atom is 0.276 e. The Hall–Kier alpha value is -2.22. The Labute approximate surface area is 115 Å². The minimum Gasteiger partial charge on any atom is -0.366 e.